The van der Waals surface area contributed by atoms with Gasteiger partial charge in [-0.15, -0.1) is 0 Å². The van der Waals surface area contributed by atoms with Gasteiger partial charge >= 0.3 is 5.97 Å². The molecule has 0 aromatic carbocycles. The molecule has 0 amide bonds. The lowest BCUT2D eigenvalue weighted by molar-refractivity contribution is -0.139. The van der Waals surface area contributed by atoms with Gasteiger partial charge in [0.15, 0.2) is 0 Å². The summed E-state index contributed by atoms with van der Waals surface area (Å²) in [5.41, 5.74) is 0. The van der Waals surface area contributed by atoms with Crippen LogP contribution < -0.4 is 0 Å². The fraction of sp³-hybridized carbons (Fsp3) is 0.889. The molecule has 15 heavy (non-hydrogen) atoms. The summed E-state index contributed by atoms with van der Waals surface area (Å²) in [5.74, 6) is -0.871. The van der Waals surface area contributed by atoms with Gasteiger partial charge in [-0.2, -0.15) is 0 Å². The van der Waals surface area contributed by atoms with E-state index in [0.29, 0.717) is 19.6 Å². The highest BCUT2D eigenvalue weighted by Gasteiger charge is 2.26. The van der Waals surface area contributed by atoms with Crippen molar-refractivity contribution >= 4 is 5.97 Å². The van der Waals surface area contributed by atoms with E-state index in [1.54, 1.807) is 9.80 Å². The Morgan fingerprint density at radius 2 is 2.20 bits per heavy atom. The van der Waals surface area contributed by atoms with Gasteiger partial charge in [0, 0.05) is 25.7 Å². The van der Waals surface area contributed by atoms with Gasteiger partial charge in [-0.1, -0.05) is 0 Å². The highest BCUT2D eigenvalue weighted by Crippen LogP contribution is 2.11. The maximum atomic E-state index is 12.2. The molecule has 1 heterocycles. The van der Waals surface area contributed by atoms with Gasteiger partial charge in [-0.05, 0) is 6.92 Å². The molecule has 1 rings (SSSR count). The van der Waals surface area contributed by atoms with Crippen LogP contribution in [0, 0.1) is 0 Å². The van der Waals surface area contributed by atoms with E-state index < -0.39 is 12.4 Å². The minimum atomic E-state index is -2.32. The van der Waals surface area contributed by atoms with E-state index in [2.05, 4.69) is 0 Å². The molecule has 88 valence electrons. The lowest BCUT2D eigenvalue weighted by atomic mass is 10.2. The largest absolute Gasteiger partial charge is 0.480 e. The first-order valence-corrected chi connectivity index (χ1v) is 4.95. The number of hydrogen-bond donors (Lipinski definition) is 1. The molecule has 0 aromatic rings. The molecule has 0 aromatic heterocycles. The number of aliphatic carboxylic acids is 1. The number of piperazine rings is 1. The molecule has 1 aliphatic heterocycles. The van der Waals surface area contributed by atoms with Crippen molar-refractivity contribution in [2.45, 2.75) is 19.4 Å². The van der Waals surface area contributed by atoms with Gasteiger partial charge in [-0.3, -0.25) is 14.6 Å². The van der Waals surface area contributed by atoms with Gasteiger partial charge in [0.05, 0.1) is 13.1 Å². The third kappa shape index (κ3) is 4.09. The molecule has 1 fully saturated rings. The number of carbonyl (C=O) groups is 1. The molecular weight excluding hydrogens is 206 g/mol. The average Bonchev–Trinajstić information content (AvgIpc) is 2.08. The summed E-state index contributed by atoms with van der Waals surface area (Å²) in [6, 6.07) is -0.00731. The summed E-state index contributed by atoms with van der Waals surface area (Å²) >= 11 is 0. The average molecular weight is 222 g/mol. The van der Waals surface area contributed by atoms with Crippen molar-refractivity contribution in [2.24, 2.45) is 0 Å². The zero-order chi connectivity index (χ0) is 11.4. The smallest absolute Gasteiger partial charge is 0.317 e. The maximum Gasteiger partial charge on any atom is 0.317 e. The zero-order valence-electron chi connectivity index (χ0n) is 8.70. The minimum Gasteiger partial charge on any atom is -0.480 e. The molecule has 1 N–H and O–H groups in total. The molecule has 0 aliphatic carbocycles. The third-order valence-electron chi connectivity index (χ3n) is 2.58. The van der Waals surface area contributed by atoms with Crippen LogP contribution in [0.25, 0.3) is 0 Å². The molecule has 0 bridgehead atoms. The van der Waals surface area contributed by atoms with Crippen LogP contribution in [0.5, 0.6) is 0 Å². The van der Waals surface area contributed by atoms with E-state index in [1.807, 2.05) is 6.92 Å². The van der Waals surface area contributed by atoms with Crippen LogP contribution in [-0.2, 0) is 4.79 Å². The summed E-state index contributed by atoms with van der Waals surface area (Å²) in [7, 11) is 0. The van der Waals surface area contributed by atoms with Crippen LogP contribution >= 0.6 is 0 Å². The van der Waals surface area contributed by atoms with Crippen molar-refractivity contribution < 1.29 is 18.7 Å². The van der Waals surface area contributed by atoms with E-state index in [0.717, 1.165) is 0 Å². The number of nitrogens with zero attached hydrogens (tertiary/aromatic N) is 2. The van der Waals surface area contributed by atoms with Gasteiger partial charge < -0.3 is 5.11 Å². The van der Waals surface area contributed by atoms with E-state index in [1.165, 1.54) is 0 Å². The molecule has 1 saturated heterocycles. The second-order valence-electron chi connectivity index (χ2n) is 3.86. The molecule has 0 radical (unpaired) electrons. The van der Waals surface area contributed by atoms with Crippen LogP contribution in [0.3, 0.4) is 0 Å². The number of rotatable bonds is 4. The number of carboxylic acids is 1. The minimum absolute atomic E-state index is 0.00708. The van der Waals surface area contributed by atoms with Gasteiger partial charge in [0.1, 0.15) is 0 Å². The molecule has 6 heteroatoms. The molecule has 1 unspecified atom stereocenters. The SMILES string of the molecule is CC1CN(CC(=O)O)CCN1CC(F)F. The van der Waals surface area contributed by atoms with E-state index >= 15 is 0 Å². The first kappa shape index (κ1) is 12.3. The molecule has 4 nitrogen and oxygen atoms in total. The van der Waals surface area contributed by atoms with E-state index in [9.17, 15) is 13.6 Å². The summed E-state index contributed by atoms with van der Waals surface area (Å²) in [5, 5.41) is 8.59. The summed E-state index contributed by atoms with van der Waals surface area (Å²) in [4.78, 5) is 13.9. The Morgan fingerprint density at radius 3 is 2.67 bits per heavy atom. The monoisotopic (exact) mass is 222 g/mol. The van der Waals surface area contributed by atoms with E-state index in [4.69, 9.17) is 5.11 Å². The van der Waals surface area contributed by atoms with Crippen molar-refractivity contribution in [1.82, 2.24) is 9.80 Å². The van der Waals surface area contributed by atoms with Crippen molar-refractivity contribution in [3.63, 3.8) is 0 Å². The third-order valence-corrected chi connectivity index (χ3v) is 2.58. The van der Waals surface area contributed by atoms with Crippen molar-refractivity contribution in [3.05, 3.63) is 0 Å². The first-order chi connectivity index (χ1) is 6.99. The highest BCUT2D eigenvalue weighted by atomic mass is 19.3. The lowest BCUT2D eigenvalue weighted by Gasteiger charge is -2.38. The fourth-order valence-electron chi connectivity index (χ4n) is 1.85. The topological polar surface area (TPSA) is 43.8 Å². The predicted octanol–water partition coefficient (Wildman–Crippen LogP) is 0.342. The normalized spacial score (nSPS) is 24.7. The standard InChI is InChI=1S/C9H16F2N2O2/c1-7-4-12(6-9(14)15)2-3-13(7)5-8(10)11/h7-8H,2-6H2,1H3,(H,14,15). The molecule has 1 aliphatic rings. The van der Waals surface area contributed by atoms with Crippen molar-refractivity contribution in [1.29, 1.82) is 0 Å². The van der Waals surface area contributed by atoms with Crippen LogP contribution in [0.1, 0.15) is 6.92 Å². The second kappa shape index (κ2) is 5.37. The highest BCUT2D eigenvalue weighted by molar-refractivity contribution is 5.69. The predicted molar refractivity (Wildman–Crippen MR) is 51.1 cm³/mol. The van der Waals surface area contributed by atoms with Crippen LogP contribution in [0.4, 0.5) is 8.78 Å². The Balaban J connectivity index is 2.37. The molecular formula is C9H16F2N2O2. The van der Waals surface area contributed by atoms with E-state index in [-0.39, 0.29) is 19.1 Å². The van der Waals surface area contributed by atoms with Crippen molar-refractivity contribution in [3.8, 4) is 0 Å². The van der Waals surface area contributed by atoms with Gasteiger partial charge in [-0.25, -0.2) is 8.78 Å². The van der Waals surface area contributed by atoms with Crippen molar-refractivity contribution in [2.75, 3.05) is 32.7 Å². The van der Waals surface area contributed by atoms with Gasteiger partial charge in [0.25, 0.3) is 6.43 Å². The number of halogens is 2. The summed E-state index contributed by atoms with van der Waals surface area (Å²) in [6.45, 7) is 3.21. The van der Waals surface area contributed by atoms with Crippen LogP contribution in [0.15, 0.2) is 0 Å². The molecule has 0 spiro atoms. The van der Waals surface area contributed by atoms with Crippen LogP contribution in [0.2, 0.25) is 0 Å². The Kier molecular flexibility index (Phi) is 4.41. The van der Waals surface area contributed by atoms with Crippen LogP contribution in [-0.4, -0.2) is 66.1 Å². The maximum absolute atomic E-state index is 12.2. The Bertz CT molecular complexity index is 226. The Morgan fingerprint density at radius 1 is 1.53 bits per heavy atom. The first-order valence-electron chi connectivity index (χ1n) is 4.95. The van der Waals surface area contributed by atoms with Gasteiger partial charge in [0.2, 0.25) is 0 Å². The Hall–Kier alpha value is -0.750. The number of carboxylic acid groups (broad SMARTS) is 1. The second-order valence-corrected chi connectivity index (χ2v) is 3.86. The Labute approximate surface area is 87.5 Å². The summed E-state index contributed by atoms with van der Waals surface area (Å²) in [6.07, 6.45) is -2.32. The molecule has 0 saturated carbocycles. The fourth-order valence-corrected chi connectivity index (χ4v) is 1.85. The number of alkyl halides is 2. The number of hydrogen-bond acceptors (Lipinski definition) is 3. The molecule has 1 atom stereocenters. The lowest BCUT2D eigenvalue weighted by Crippen LogP contribution is -2.53. The quantitative estimate of drug-likeness (QED) is 0.745. The zero-order valence-corrected chi connectivity index (χ0v) is 8.70. The summed E-state index contributed by atoms with van der Waals surface area (Å²) < 4.78 is 24.3.